The van der Waals surface area contributed by atoms with Gasteiger partial charge < -0.3 is 10.1 Å². The number of anilines is 1. The number of carbonyl (C=O) groups is 1. The Morgan fingerprint density at radius 3 is 2.30 bits per heavy atom. The highest BCUT2D eigenvalue weighted by Crippen LogP contribution is 2.30. The van der Waals surface area contributed by atoms with Gasteiger partial charge in [-0.1, -0.05) is 47.5 Å². The van der Waals surface area contributed by atoms with Crippen molar-refractivity contribution >= 4 is 46.1 Å². The van der Waals surface area contributed by atoms with Crippen LogP contribution in [0.25, 0.3) is 21.8 Å². The van der Waals surface area contributed by atoms with Crippen LogP contribution < -0.4 is 10.1 Å². The van der Waals surface area contributed by atoms with Gasteiger partial charge in [-0.25, -0.2) is 4.98 Å². The third-order valence-corrected chi connectivity index (χ3v) is 5.82. The summed E-state index contributed by atoms with van der Waals surface area (Å²) in [5.41, 5.74) is 3.90. The number of ether oxygens (including phenoxy) is 1. The summed E-state index contributed by atoms with van der Waals surface area (Å²) in [4.78, 5) is 17.3. The highest BCUT2D eigenvalue weighted by atomic mass is 35.5. The van der Waals surface area contributed by atoms with Crippen molar-refractivity contribution in [2.75, 3.05) is 12.4 Å². The highest BCUT2D eigenvalue weighted by Gasteiger charge is 2.14. The van der Waals surface area contributed by atoms with Crippen LogP contribution in [0.4, 0.5) is 5.69 Å². The number of nitrogens with zero attached hydrogens (tertiary/aromatic N) is 1. The molecule has 0 aliphatic heterocycles. The number of methoxy groups -OCH3 is 1. The molecule has 0 radical (unpaired) electrons. The molecule has 7 heteroatoms. The Hall–Kier alpha value is -2.86. The van der Waals surface area contributed by atoms with E-state index < -0.39 is 0 Å². The molecule has 1 amide bonds. The number of thiazole rings is 1. The van der Waals surface area contributed by atoms with E-state index in [-0.39, 0.29) is 5.91 Å². The van der Waals surface area contributed by atoms with Gasteiger partial charge >= 0.3 is 0 Å². The van der Waals surface area contributed by atoms with Gasteiger partial charge in [0.1, 0.15) is 10.8 Å². The lowest BCUT2D eigenvalue weighted by Gasteiger charge is -2.10. The predicted octanol–water partition coefficient (Wildman–Crippen LogP) is 7.04. The van der Waals surface area contributed by atoms with Gasteiger partial charge in [-0.15, -0.1) is 11.3 Å². The quantitative estimate of drug-likeness (QED) is 0.351. The maximum Gasteiger partial charge on any atom is 0.259 e. The summed E-state index contributed by atoms with van der Waals surface area (Å²) in [6.45, 7) is 0. The van der Waals surface area contributed by atoms with Gasteiger partial charge in [-0.3, -0.25) is 4.79 Å². The van der Waals surface area contributed by atoms with E-state index in [1.165, 1.54) is 7.11 Å². The molecular weight excluding hydrogens is 439 g/mol. The summed E-state index contributed by atoms with van der Waals surface area (Å²) in [6, 6.07) is 20.1. The lowest BCUT2D eigenvalue weighted by molar-refractivity contribution is 0.102. The summed E-state index contributed by atoms with van der Waals surface area (Å²) < 4.78 is 5.25. The molecule has 4 aromatic rings. The number of rotatable bonds is 5. The second kappa shape index (κ2) is 8.88. The van der Waals surface area contributed by atoms with E-state index >= 15 is 0 Å². The molecular formula is C23H16Cl2N2O2S. The molecule has 0 saturated carbocycles. The Morgan fingerprint density at radius 2 is 1.60 bits per heavy atom. The molecule has 3 aromatic carbocycles. The van der Waals surface area contributed by atoms with E-state index in [0.29, 0.717) is 27.0 Å². The molecule has 1 aromatic heterocycles. The van der Waals surface area contributed by atoms with Crippen LogP contribution >= 0.6 is 34.5 Å². The minimum atomic E-state index is -0.291. The number of hydrogen-bond acceptors (Lipinski definition) is 4. The molecule has 4 nitrogen and oxygen atoms in total. The number of amides is 1. The van der Waals surface area contributed by atoms with Crippen molar-refractivity contribution in [3.05, 3.63) is 87.7 Å². The van der Waals surface area contributed by atoms with E-state index in [0.717, 1.165) is 21.8 Å². The van der Waals surface area contributed by atoms with Gasteiger partial charge in [0.05, 0.1) is 18.4 Å². The van der Waals surface area contributed by atoms with Gasteiger partial charge in [0.25, 0.3) is 5.91 Å². The van der Waals surface area contributed by atoms with Crippen LogP contribution in [-0.2, 0) is 0 Å². The zero-order valence-electron chi connectivity index (χ0n) is 15.9. The Labute approximate surface area is 188 Å². The first-order valence-corrected chi connectivity index (χ1v) is 10.6. The fraction of sp³-hybridized carbons (Fsp3) is 0.0435. The first-order chi connectivity index (χ1) is 14.5. The Balaban J connectivity index is 1.50. The van der Waals surface area contributed by atoms with Crippen LogP contribution in [0.1, 0.15) is 10.4 Å². The number of hydrogen-bond donors (Lipinski definition) is 1. The lowest BCUT2D eigenvalue weighted by atomic mass is 10.1. The highest BCUT2D eigenvalue weighted by molar-refractivity contribution is 7.13. The molecule has 0 fully saturated rings. The lowest BCUT2D eigenvalue weighted by Crippen LogP contribution is -2.13. The zero-order valence-corrected chi connectivity index (χ0v) is 18.2. The van der Waals surface area contributed by atoms with Crippen LogP contribution in [0.15, 0.2) is 72.1 Å². The molecule has 0 unspecified atom stereocenters. The molecule has 0 aliphatic rings. The molecule has 30 heavy (non-hydrogen) atoms. The van der Waals surface area contributed by atoms with Crippen LogP contribution in [0.2, 0.25) is 10.0 Å². The number of carbonyl (C=O) groups excluding carboxylic acids is 1. The number of aromatic nitrogens is 1. The van der Waals surface area contributed by atoms with E-state index in [1.54, 1.807) is 29.5 Å². The molecule has 0 saturated heterocycles. The first kappa shape index (κ1) is 20.4. The number of benzene rings is 3. The fourth-order valence-electron chi connectivity index (χ4n) is 2.91. The summed E-state index contributed by atoms with van der Waals surface area (Å²) in [5.74, 6) is 0.173. The van der Waals surface area contributed by atoms with Crippen molar-refractivity contribution in [1.82, 2.24) is 4.98 Å². The largest absolute Gasteiger partial charge is 0.496 e. The van der Waals surface area contributed by atoms with Crippen molar-refractivity contribution < 1.29 is 9.53 Å². The van der Waals surface area contributed by atoms with Crippen LogP contribution in [-0.4, -0.2) is 18.0 Å². The summed E-state index contributed by atoms with van der Waals surface area (Å²) >= 11 is 13.5. The second-order valence-corrected chi connectivity index (χ2v) is 8.15. The third kappa shape index (κ3) is 4.49. The summed E-state index contributed by atoms with van der Waals surface area (Å²) in [6.07, 6.45) is 0. The minimum absolute atomic E-state index is 0.291. The summed E-state index contributed by atoms with van der Waals surface area (Å²) in [5, 5.41) is 6.97. The Morgan fingerprint density at radius 1 is 0.933 bits per heavy atom. The van der Waals surface area contributed by atoms with Gasteiger partial charge in [0.2, 0.25) is 0 Å². The van der Waals surface area contributed by atoms with Crippen molar-refractivity contribution in [3.8, 4) is 27.6 Å². The van der Waals surface area contributed by atoms with Gasteiger partial charge in [0.15, 0.2) is 0 Å². The van der Waals surface area contributed by atoms with E-state index in [2.05, 4.69) is 5.32 Å². The fourth-order valence-corrected chi connectivity index (χ4v) is 4.05. The average Bonchev–Trinajstić information content (AvgIpc) is 3.25. The van der Waals surface area contributed by atoms with Crippen LogP contribution in [0.5, 0.6) is 5.75 Å². The van der Waals surface area contributed by atoms with Crippen molar-refractivity contribution in [3.63, 3.8) is 0 Å². The molecule has 0 aliphatic carbocycles. The van der Waals surface area contributed by atoms with Crippen molar-refractivity contribution in [2.45, 2.75) is 0 Å². The van der Waals surface area contributed by atoms with Crippen LogP contribution in [0.3, 0.4) is 0 Å². The summed E-state index contributed by atoms with van der Waals surface area (Å²) in [7, 11) is 1.51. The molecule has 150 valence electrons. The molecule has 1 N–H and O–H groups in total. The molecule has 0 spiro atoms. The molecule has 0 atom stereocenters. The Bertz CT molecular complexity index is 1190. The average molecular weight is 455 g/mol. The molecule has 0 bridgehead atoms. The van der Waals surface area contributed by atoms with E-state index in [1.807, 2.05) is 53.9 Å². The standard InChI is InChI=1S/C23H16Cl2N2O2S/c1-29-21-11-8-17(25)12-19(21)22(28)26-18-9-4-14(5-10-18)20-13-30-23(27-20)15-2-6-16(24)7-3-15/h2-13H,1H3,(H,26,28). The van der Waals surface area contributed by atoms with Gasteiger partial charge in [-0.05, 0) is 42.5 Å². The first-order valence-electron chi connectivity index (χ1n) is 9.00. The van der Waals surface area contributed by atoms with Crippen molar-refractivity contribution in [1.29, 1.82) is 0 Å². The topological polar surface area (TPSA) is 51.2 Å². The van der Waals surface area contributed by atoms with Crippen LogP contribution in [0, 0.1) is 0 Å². The van der Waals surface area contributed by atoms with Crippen molar-refractivity contribution in [2.24, 2.45) is 0 Å². The van der Waals surface area contributed by atoms with Gasteiger partial charge in [0, 0.05) is 32.2 Å². The maximum absolute atomic E-state index is 12.6. The molecule has 1 heterocycles. The van der Waals surface area contributed by atoms with E-state index in [4.69, 9.17) is 32.9 Å². The molecule has 4 rings (SSSR count). The monoisotopic (exact) mass is 454 g/mol. The SMILES string of the molecule is COc1ccc(Cl)cc1C(=O)Nc1ccc(-c2csc(-c3ccc(Cl)cc3)n2)cc1. The number of nitrogens with one attached hydrogen (secondary N) is 1. The normalized spacial score (nSPS) is 10.6. The smallest absolute Gasteiger partial charge is 0.259 e. The third-order valence-electron chi connectivity index (χ3n) is 4.44. The Kier molecular flexibility index (Phi) is 6.04. The predicted molar refractivity (Wildman–Crippen MR) is 124 cm³/mol. The maximum atomic E-state index is 12.6. The second-order valence-electron chi connectivity index (χ2n) is 6.42. The number of halogens is 2. The van der Waals surface area contributed by atoms with Gasteiger partial charge in [-0.2, -0.15) is 0 Å². The zero-order chi connectivity index (χ0) is 21.1. The van der Waals surface area contributed by atoms with E-state index in [9.17, 15) is 4.79 Å². The minimum Gasteiger partial charge on any atom is -0.496 e.